The molecule has 0 bridgehead atoms. The van der Waals surface area contributed by atoms with Crippen LogP contribution in [0.15, 0.2) is 60.7 Å². The third kappa shape index (κ3) is 11.1. The summed E-state index contributed by atoms with van der Waals surface area (Å²) in [6.45, 7) is 0.703. The first-order chi connectivity index (χ1) is 21.5. The predicted octanol–water partition coefficient (Wildman–Crippen LogP) is 4.63. The van der Waals surface area contributed by atoms with Gasteiger partial charge in [0.25, 0.3) is 5.91 Å². The largest absolute Gasteiger partial charge is 0.508 e. The van der Waals surface area contributed by atoms with E-state index in [9.17, 15) is 24.3 Å². The average Bonchev–Trinajstić information content (AvgIpc) is 3.69. The number of benzene rings is 2. The van der Waals surface area contributed by atoms with Crippen molar-refractivity contribution in [2.45, 2.75) is 20.5 Å². The number of carbonyl (C=O) groups is 4. The van der Waals surface area contributed by atoms with E-state index in [-0.39, 0.29) is 56.1 Å². The lowest BCUT2D eigenvalue weighted by molar-refractivity contribution is 0.0597. The minimum atomic E-state index is -1.17. The number of aromatic carboxylic acids is 1. The van der Waals surface area contributed by atoms with Crippen LogP contribution in [0, 0.1) is 22.7 Å². The number of carboxylic acid groups (broad SMARTS) is 1. The third-order valence-corrected chi connectivity index (χ3v) is 7.61. The van der Waals surface area contributed by atoms with E-state index in [1.807, 2.05) is 12.1 Å². The number of nitrogens with zero attached hydrogens (tertiary/aromatic N) is 2. The summed E-state index contributed by atoms with van der Waals surface area (Å²) in [6, 6.07) is 19.5. The van der Waals surface area contributed by atoms with E-state index in [0.717, 1.165) is 39.9 Å². The molecule has 46 heavy (non-hydrogen) atoms. The fourth-order valence-corrected chi connectivity index (χ4v) is 5.08. The molecule has 2 heterocycles. The molecule has 2 aromatic heterocycles. The number of phenolic OH excluding ortho intramolecular Hbond substituents is 2. The fraction of sp³-hybridized carbons (Fsp3) is 0.161. The van der Waals surface area contributed by atoms with Crippen molar-refractivity contribution in [3.8, 4) is 23.6 Å². The van der Waals surface area contributed by atoms with Crippen LogP contribution in [0.4, 0.5) is 0 Å². The highest BCUT2D eigenvalue weighted by Crippen LogP contribution is 2.24. The topological polar surface area (TPSA) is 233 Å². The van der Waals surface area contributed by atoms with Crippen LogP contribution in [0.2, 0.25) is 0 Å². The fourth-order valence-electron chi connectivity index (χ4n) is 3.27. The van der Waals surface area contributed by atoms with Crippen molar-refractivity contribution in [2.75, 3.05) is 14.2 Å². The van der Waals surface area contributed by atoms with E-state index in [4.69, 9.17) is 26.5 Å². The average molecular weight is 667 g/mol. The van der Waals surface area contributed by atoms with Gasteiger partial charge in [0.2, 0.25) is 0 Å². The molecule has 0 atom stereocenters. The summed E-state index contributed by atoms with van der Waals surface area (Å²) in [4.78, 5) is 45.5. The van der Waals surface area contributed by atoms with Gasteiger partial charge in [0.15, 0.2) is 0 Å². The molecule has 4 aromatic rings. The van der Waals surface area contributed by atoms with E-state index < -0.39 is 23.8 Å². The zero-order valence-corrected chi connectivity index (χ0v) is 25.4. The normalized spacial score (nSPS) is 9.33. The molecule has 4 rings (SSSR count). The molecule has 13 nitrogen and oxygen atoms in total. The first kappa shape index (κ1) is 38.3. The van der Waals surface area contributed by atoms with Crippen LogP contribution in [-0.4, -0.2) is 53.4 Å². The van der Waals surface area contributed by atoms with Gasteiger partial charge in [-0.2, -0.15) is 10.5 Å². The molecular formula is C31H30N4O9S2. The Balaban J connectivity index is 0.000000377. The number of phenols is 2. The smallest absolute Gasteiger partial charge is 0.349 e. The highest BCUT2D eigenvalue weighted by molar-refractivity contribution is 7.16. The number of esters is 2. The Kier molecular flexibility index (Phi) is 15.7. The molecule has 0 aliphatic carbocycles. The molecule has 6 N–H and O–H groups in total. The summed E-state index contributed by atoms with van der Waals surface area (Å²) in [7, 11) is 2.38. The Morgan fingerprint density at radius 1 is 0.804 bits per heavy atom. The van der Waals surface area contributed by atoms with Crippen LogP contribution in [0.1, 0.15) is 68.4 Å². The Bertz CT molecular complexity index is 1770. The Morgan fingerprint density at radius 2 is 1.26 bits per heavy atom. The van der Waals surface area contributed by atoms with Crippen molar-refractivity contribution in [3.05, 3.63) is 102 Å². The van der Waals surface area contributed by atoms with Crippen molar-refractivity contribution >= 4 is 46.5 Å². The zero-order chi connectivity index (χ0) is 33.5. The van der Waals surface area contributed by atoms with Gasteiger partial charge in [-0.3, -0.25) is 4.79 Å². The van der Waals surface area contributed by atoms with Gasteiger partial charge in [-0.25, -0.2) is 14.4 Å². The van der Waals surface area contributed by atoms with Crippen molar-refractivity contribution in [3.63, 3.8) is 0 Å². The molecule has 0 radical (unpaired) electrons. The number of thiophene rings is 2. The number of nitriles is 2. The molecule has 0 aliphatic rings. The summed E-state index contributed by atoms with van der Waals surface area (Å²) < 4.78 is 8.97. The molecule has 2 aromatic carbocycles. The SMILES string of the molecule is C.COC(=O)c1sc(C(=O)NCc2cccc(O)c2)cc1C#N.COC(=O)c1sc(C(=O)O)cc1C#N.NCc1cccc(O)c1. The third-order valence-electron chi connectivity index (χ3n) is 5.39. The predicted molar refractivity (Wildman–Crippen MR) is 170 cm³/mol. The second kappa shape index (κ2) is 18.8. The lowest BCUT2D eigenvalue weighted by Crippen LogP contribution is -2.21. The van der Waals surface area contributed by atoms with E-state index in [2.05, 4.69) is 14.8 Å². The van der Waals surface area contributed by atoms with Crippen LogP contribution in [0.25, 0.3) is 0 Å². The molecule has 0 fully saturated rings. The van der Waals surface area contributed by atoms with Gasteiger partial charge < -0.3 is 35.8 Å². The Morgan fingerprint density at radius 3 is 1.67 bits per heavy atom. The number of carboxylic acids is 1. The number of rotatable bonds is 7. The van der Waals surface area contributed by atoms with E-state index in [0.29, 0.717) is 6.54 Å². The van der Waals surface area contributed by atoms with Crippen LogP contribution in [-0.2, 0) is 22.6 Å². The summed E-state index contributed by atoms with van der Waals surface area (Å²) in [5, 5.41) is 47.1. The van der Waals surface area contributed by atoms with Gasteiger partial charge in [0.05, 0.1) is 30.2 Å². The van der Waals surface area contributed by atoms with E-state index in [1.165, 1.54) is 32.4 Å². The van der Waals surface area contributed by atoms with Gasteiger partial charge in [-0.05, 0) is 47.5 Å². The van der Waals surface area contributed by atoms with Crippen LogP contribution in [0.3, 0.4) is 0 Å². The number of nitrogens with one attached hydrogen (secondary N) is 1. The molecule has 0 aliphatic heterocycles. The summed E-state index contributed by atoms with van der Waals surface area (Å²) in [6.07, 6.45) is 0. The molecule has 0 unspecified atom stereocenters. The maximum atomic E-state index is 12.1. The van der Waals surface area contributed by atoms with E-state index in [1.54, 1.807) is 36.4 Å². The number of carbonyl (C=O) groups excluding carboxylic acids is 3. The Hall–Kier alpha value is -5.74. The maximum Gasteiger partial charge on any atom is 0.349 e. The number of hydrogen-bond acceptors (Lipinski definition) is 13. The van der Waals surface area contributed by atoms with Gasteiger partial charge >= 0.3 is 17.9 Å². The minimum absolute atomic E-state index is 0. The van der Waals surface area contributed by atoms with Gasteiger partial charge in [0, 0.05) is 13.1 Å². The van der Waals surface area contributed by atoms with Crippen molar-refractivity contribution in [1.29, 1.82) is 10.5 Å². The molecule has 0 saturated carbocycles. The van der Waals surface area contributed by atoms with Gasteiger partial charge in [-0.1, -0.05) is 31.7 Å². The monoisotopic (exact) mass is 666 g/mol. The molecule has 1 amide bonds. The first-order valence-electron chi connectivity index (χ1n) is 12.5. The lowest BCUT2D eigenvalue weighted by Gasteiger charge is -2.04. The zero-order valence-electron chi connectivity index (χ0n) is 23.8. The highest BCUT2D eigenvalue weighted by atomic mass is 32.1. The Labute approximate surface area is 272 Å². The first-order valence-corrected chi connectivity index (χ1v) is 14.1. The second-order valence-electron chi connectivity index (χ2n) is 8.45. The standard InChI is InChI=1S/C15H12N2O4S.C8H5NO4S.C7H9NO.CH4/c1-21-15(20)13-10(7-16)6-12(22-13)14(19)17-8-9-3-2-4-11(18)5-9;1-13-8(12)6-4(3-9)2-5(14-6)7(10)11;8-5-6-2-1-3-7(9)4-6;/h2-6,18H,8H2,1H3,(H,17,19);2H,1H3,(H,10,11);1-4,9H,5,8H2;1H4. The van der Waals surface area contributed by atoms with Crippen molar-refractivity contribution < 1.29 is 44.0 Å². The quantitative estimate of drug-likeness (QED) is 0.170. The lowest BCUT2D eigenvalue weighted by atomic mass is 10.2. The minimum Gasteiger partial charge on any atom is -0.508 e. The summed E-state index contributed by atoms with van der Waals surface area (Å²) in [5.41, 5.74) is 7.13. The van der Waals surface area contributed by atoms with Crippen LogP contribution < -0.4 is 11.1 Å². The summed E-state index contributed by atoms with van der Waals surface area (Å²) >= 11 is 1.63. The number of methoxy groups -OCH3 is 2. The number of hydrogen-bond donors (Lipinski definition) is 5. The van der Waals surface area contributed by atoms with Crippen molar-refractivity contribution in [2.24, 2.45) is 5.73 Å². The molecule has 0 spiro atoms. The van der Waals surface area contributed by atoms with Gasteiger partial charge in [0.1, 0.15) is 38.3 Å². The maximum absolute atomic E-state index is 12.1. The second-order valence-corrected chi connectivity index (χ2v) is 10.5. The van der Waals surface area contributed by atoms with Crippen LogP contribution >= 0.6 is 22.7 Å². The number of ether oxygens (including phenoxy) is 2. The molecule has 15 heteroatoms. The summed E-state index contributed by atoms with van der Waals surface area (Å²) in [5.74, 6) is -2.52. The molecular weight excluding hydrogens is 636 g/mol. The molecule has 0 saturated heterocycles. The van der Waals surface area contributed by atoms with Crippen molar-refractivity contribution in [1.82, 2.24) is 5.32 Å². The number of nitrogens with two attached hydrogens (primary N) is 1. The van der Waals surface area contributed by atoms with Crippen LogP contribution in [0.5, 0.6) is 11.5 Å². The number of aromatic hydroxyl groups is 2. The number of amides is 1. The molecule has 240 valence electrons. The van der Waals surface area contributed by atoms with Gasteiger partial charge in [-0.15, -0.1) is 22.7 Å². The van der Waals surface area contributed by atoms with E-state index >= 15 is 0 Å². The highest BCUT2D eigenvalue weighted by Gasteiger charge is 2.21.